The lowest BCUT2D eigenvalue weighted by molar-refractivity contribution is -0.143. The molecule has 3 rings (SSSR count). The summed E-state index contributed by atoms with van der Waals surface area (Å²) in [5, 5.41) is 7.46. The molecule has 0 bridgehead atoms. The van der Waals surface area contributed by atoms with Gasteiger partial charge in [0.2, 0.25) is 0 Å². The SMILES string of the molecule is COC(=O)C(Cc1cccc(Oc2ccccc2)c1)NCc1c(Br)cnn1C. The van der Waals surface area contributed by atoms with Gasteiger partial charge in [-0.25, -0.2) is 0 Å². The zero-order valence-electron chi connectivity index (χ0n) is 15.8. The maximum Gasteiger partial charge on any atom is 0.323 e. The van der Waals surface area contributed by atoms with Gasteiger partial charge in [0.25, 0.3) is 0 Å². The fraction of sp³-hybridized carbons (Fsp3) is 0.238. The number of rotatable bonds is 8. The van der Waals surface area contributed by atoms with E-state index in [-0.39, 0.29) is 5.97 Å². The number of ether oxygens (including phenoxy) is 2. The molecule has 6 nitrogen and oxygen atoms in total. The third kappa shape index (κ3) is 5.21. The van der Waals surface area contributed by atoms with E-state index in [0.717, 1.165) is 27.2 Å². The lowest BCUT2D eigenvalue weighted by Gasteiger charge is -2.17. The number of para-hydroxylation sites is 1. The van der Waals surface area contributed by atoms with Gasteiger partial charge in [0.1, 0.15) is 17.5 Å². The standard InChI is InChI=1S/C21H22BrN3O3/c1-25-20(18(22)13-24-25)14-23-19(21(26)27-2)12-15-7-6-10-17(11-15)28-16-8-4-3-5-9-16/h3-11,13,19,23H,12,14H2,1-2H3. The summed E-state index contributed by atoms with van der Waals surface area (Å²) in [5.41, 5.74) is 1.93. The van der Waals surface area contributed by atoms with E-state index in [1.165, 1.54) is 7.11 Å². The number of carbonyl (C=O) groups excluding carboxylic acids is 1. The second-order valence-electron chi connectivity index (χ2n) is 6.29. The Labute approximate surface area is 172 Å². The molecule has 0 aliphatic heterocycles. The molecule has 0 saturated carbocycles. The van der Waals surface area contributed by atoms with E-state index in [1.54, 1.807) is 10.9 Å². The van der Waals surface area contributed by atoms with Gasteiger partial charge in [-0.2, -0.15) is 5.10 Å². The predicted octanol–water partition coefficient (Wildman–Crippen LogP) is 3.85. The van der Waals surface area contributed by atoms with Crippen molar-refractivity contribution in [1.29, 1.82) is 0 Å². The minimum absolute atomic E-state index is 0.312. The minimum atomic E-state index is -0.487. The van der Waals surface area contributed by atoms with Crippen molar-refractivity contribution >= 4 is 21.9 Å². The van der Waals surface area contributed by atoms with Gasteiger partial charge in [-0.15, -0.1) is 0 Å². The van der Waals surface area contributed by atoms with Crippen LogP contribution in [-0.2, 0) is 29.5 Å². The molecule has 28 heavy (non-hydrogen) atoms. The summed E-state index contributed by atoms with van der Waals surface area (Å²) in [5.74, 6) is 1.18. The highest BCUT2D eigenvalue weighted by Gasteiger charge is 2.20. The highest BCUT2D eigenvalue weighted by atomic mass is 79.9. The summed E-state index contributed by atoms with van der Waals surface area (Å²) in [6.45, 7) is 0.483. The Kier molecular flexibility index (Phi) is 6.84. The summed E-state index contributed by atoms with van der Waals surface area (Å²) in [4.78, 5) is 12.3. The topological polar surface area (TPSA) is 65.4 Å². The number of halogens is 1. The Balaban J connectivity index is 1.70. The van der Waals surface area contributed by atoms with Gasteiger partial charge in [-0.3, -0.25) is 14.8 Å². The van der Waals surface area contributed by atoms with Gasteiger partial charge in [-0.1, -0.05) is 30.3 Å². The van der Waals surface area contributed by atoms with E-state index in [9.17, 15) is 4.79 Å². The van der Waals surface area contributed by atoms with Gasteiger partial charge in [0.05, 0.1) is 23.5 Å². The molecule has 0 radical (unpaired) electrons. The number of nitrogens with one attached hydrogen (secondary N) is 1. The highest BCUT2D eigenvalue weighted by Crippen LogP contribution is 2.22. The number of aryl methyl sites for hydroxylation is 1. The summed E-state index contributed by atoms with van der Waals surface area (Å²) >= 11 is 3.47. The van der Waals surface area contributed by atoms with Crippen LogP contribution in [0.15, 0.2) is 65.3 Å². The number of methoxy groups -OCH3 is 1. The van der Waals surface area contributed by atoms with Crippen LogP contribution in [0.2, 0.25) is 0 Å². The van der Waals surface area contributed by atoms with Crippen molar-refractivity contribution in [3.05, 3.63) is 76.5 Å². The molecule has 1 atom stereocenters. The van der Waals surface area contributed by atoms with Crippen LogP contribution in [0.25, 0.3) is 0 Å². The number of hydrogen-bond donors (Lipinski definition) is 1. The monoisotopic (exact) mass is 443 g/mol. The van der Waals surface area contributed by atoms with Crippen LogP contribution in [-0.4, -0.2) is 28.9 Å². The summed E-state index contributed by atoms with van der Waals surface area (Å²) < 4.78 is 13.5. The molecule has 0 fully saturated rings. The van der Waals surface area contributed by atoms with Crippen molar-refractivity contribution in [2.75, 3.05) is 7.11 Å². The lowest BCUT2D eigenvalue weighted by Crippen LogP contribution is -2.39. The van der Waals surface area contributed by atoms with Gasteiger partial charge < -0.3 is 9.47 Å². The average molecular weight is 444 g/mol. The van der Waals surface area contributed by atoms with Crippen molar-refractivity contribution < 1.29 is 14.3 Å². The fourth-order valence-corrected chi connectivity index (χ4v) is 3.32. The van der Waals surface area contributed by atoms with Gasteiger partial charge in [0, 0.05) is 13.6 Å². The maximum absolute atomic E-state index is 12.3. The molecule has 0 aliphatic carbocycles. The third-order valence-electron chi connectivity index (χ3n) is 4.33. The molecule has 0 amide bonds. The number of aromatic nitrogens is 2. The molecule has 1 N–H and O–H groups in total. The van der Waals surface area contributed by atoms with Crippen LogP contribution >= 0.6 is 15.9 Å². The average Bonchev–Trinajstić information content (AvgIpc) is 3.03. The molecule has 1 aromatic heterocycles. The van der Waals surface area contributed by atoms with Crippen molar-refractivity contribution in [1.82, 2.24) is 15.1 Å². The van der Waals surface area contributed by atoms with Crippen LogP contribution < -0.4 is 10.1 Å². The Morgan fingerprint density at radius 3 is 2.61 bits per heavy atom. The lowest BCUT2D eigenvalue weighted by atomic mass is 10.1. The van der Waals surface area contributed by atoms with Crippen LogP contribution in [0.1, 0.15) is 11.3 Å². The fourth-order valence-electron chi connectivity index (χ4n) is 2.83. The second kappa shape index (κ2) is 9.52. The van der Waals surface area contributed by atoms with E-state index < -0.39 is 6.04 Å². The molecule has 7 heteroatoms. The molecule has 3 aromatic rings. The summed E-state index contributed by atoms with van der Waals surface area (Å²) in [6.07, 6.45) is 2.21. The van der Waals surface area contributed by atoms with Gasteiger partial charge in [0.15, 0.2) is 0 Å². The van der Waals surface area contributed by atoms with E-state index in [2.05, 4.69) is 26.3 Å². The van der Waals surface area contributed by atoms with Crippen molar-refractivity contribution in [3.63, 3.8) is 0 Å². The Bertz CT molecular complexity index is 908. The number of benzene rings is 2. The van der Waals surface area contributed by atoms with Crippen LogP contribution in [0.4, 0.5) is 0 Å². The maximum atomic E-state index is 12.3. The largest absolute Gasteiger partial charge is 0.468 e. The first-order valence-electron chi connectivity index (χ1n) is 8.86. The predicted molar refractivity (Wildman–Crippen MR) is 110 cm³/mol. The van der Waals surface area contributed by atoms with Crippen LogP contribution in [0.3, 0.4) is 0 Å². The van der Waals surface area contributed by atoms with E-state index in [0.29, 0.717) is 13.0 Å². The minimum Gasteiger partial charge on any atom is -0.468 e. The van der Waals surface area contributed by atoms with Crippen LogP contribution in [0, 0.1) is 0 Å². The molecule has 0 spiro atoms. The van der Waals surface area contributed by atoms with Crippen LogP contribution in [0.5, 0.6) is 11.5 Å². The number of nitrogens with zero attached hydrogens (tertiary/aromatic N) is 2. The highest BCUT2D eigenvalue weighted by molar-refractivity contribution is 9.10. The number of hydrogen-bond acceptors (Lipinski definition) is 5. The second-order valence-corrected chi connectivity index (χ2v) is 7.14. The van der Waals surface area contributed by atoms with Crippen molar-refractivity contribution in [2.24, 2.45) is 7.05 Å². The zero-order chi connectivity index (χ0) is 19.9. The smallest absolute Gasteiger partial charge is 0.323 e. The first kappa shape index (κ1) is 20.1. The quantitative estimate of drug-likeness (QED) is 0.535. The van der Waals surface area contributed by atoms with Gasteiger partial charge in [-0.05, 0) is 52.2 Å². The molecule has 2 aromatic carbocycles. The normalized spacial score (nSPS) is 11.8. The molecular weight excluding hydrogens is 422 g/mol. The Morgan fingerprint density at radius 2 is 1.93 bits per heavy atom. The Hall–Kier alpha value is -2.64. The molecule has 0 saturated heterocycles. The summed E-state index contributed by atoms with van der Waals surface area (Å²) in [7, 11) is 3.26. The first-order valence-corrected chi connectivity index (χ1v) is 9.65. The van der Waals surface area contributed by atoms with Crippen molar-refractivity contribution in [3.8, 4) is 11.5 Å². The van der Waals surface area contributed by atoms with E-state index in [4.69, 9.17) is 9.47 Å². The van der Waals surface area contributed by atoms with Crippen molar-refractivity contribution in [2.45, 2.75) is 19.0 Å². The Morgan fingerprint density at radius 1 is 1.18 bits per heavy atom. The first-order chi connectivity index (χ1) is 13.6. The molecular formula is C21H22BrN3O3. The zero-order valence-corrected chi connectivity index (χ0v) is 17.3. The number of carbonyl (C=O) groups is 1. The molecule has 0 aliphatic rings. The van der Waals surface area contributed by atoms with E-state index >= 15 is 0 Å². The summed E-state index contributed by atoms with van der Waals surface area (Å²) in [6, 6.07) is 16.8. The molecule has 1 unspecified atom stereocenters. The van der Waals surface area contributed by atoms with Gasteiger partial charge >= 0.3 is 5.97 Å². The van der Waals surface area contributed by atoms with E-state index in [1.807, 2.05) is 61.6 Å². The number of esters is 1. The molecule has 146 valence electrons. The third-order valence-corrected chi connectivity index (χ3v) is 4.99. The molecule has 1 heterocycles.